The molecule has 1 aliphatic heterocycles. The molecule has 2 unspecified atom stereocenters. The van der Waals surface area contributed by atoms with E-state index < -0.39 is 0 Å². The summed E-state index contributed by atoms with van der Waals surface area (Å²) >= 11 is 0. The molecule has 1 aliphatic carbocycles. The summed E-state index contributed by atoms with van der Waals surface area (Å²) in [5, 5.41) is 12.9. The first-order valence-corrected chi connectivity index (χ1v) is 7.14. The van der Waals surface area contributed by atoms with Crippen LogP contribution in [0.4, 0.5) is 0 Å². The fourth-order valence-corrected chi connectivity index (χ4v) is 3.16. The maximum Gasteiger partial charge on any atom is 0.0697 e. The van der Waals surface area contributed by atoms with Crippen molar-refractivity contribution in [1.29, 1.82) is 0 Å². The molecule has 2 aliphatic rings. The van der Waals surface area contributed by atoms with Gasteiger partial charge in [0.1, 0.15) is 0 Å². The predicted molar refractivity (Wildman–Crippen MR) is 69.1 cm³/mol. The molecule has 1 spiro atoms. The molecular formula is C14H27NO2. The fraction of sp³-hybridized carbons (Fsp3) is 1.00. The van der Waals surface area contributed by atoms with Crippen LogP contribution in [0.3, 0.4) is 0 Å². The van der Waals surface area contributed by atoms with Crippen LogP contribution in [0.15, 0.2) is 0 Å². The molecule has 0 aromatic rings. The van der Waals surface area contributed by atoms with Gasteiger partial charge >= 0.3 is 0 Å². The lowest BCUT2D eigenvalue weighted by atomic mass is 9.73. The quantitative estimate of drug-likeness (QED) is 0.775. The van der Waals surface area contributed by atoms with E-state index in [9.17, 15) is 0 Å². The molecule has 17 heavy (non-hydrogen) atoms. The van der Waals surface area contributed by atoms with Crippen LogP contribution in [-0.2, 0) is 4.74 Å². The molecule has 0 radical (unpaired) electrons. The van der Waals surface area contributed by atoms with Gasteiger partial charge in [-0.15, -0.1) is 0 Å². The smallest absolute Gasteiger partial charge is 0.0697 e. The Labute approximate surface area is 105 Å². The van der Waals surface area contributed by atoms with E-state index in [0.29, 0.717) is 6.04 Å². The van der Waals surface area contributed by atoms with Crippen LogP contribution in [0, 0.1) is 0 Å². The molecule has 2 fully saturated rings. The summed E-state index contributed by atoms with van der Waals surface area (Å²) in [5.74, 6) is 0. The standard InChI is InChI=1S/C14H27NO2/c1-3-13(2,8-9-16)15-12-5-10-17-14(11-12)6-4-7-14/h12,15-16H,3-11H2,1-2H3. The molecule has 3 nitrogen and oxygen atoms in total. The van der Waals surface area contributed by atoms with Gasteiger partial charge in [-0.3, -0.25) is 0 Å². The Morgan fingerprint density at radius 3 is 2.76 bits per heavy atom. The minimum absolute atomic E-state index is 0.0850. The summed E-state index contributed by atoms with van der Waals surface area (Å²) in [4.78, 5) is 0. The van der Waals surface area contributed by atoms with Crippen molar-refractivity contribution in [2.24, 2.45) is 0 Å². The van der Waals surface area contributed by atoms with Gasteiger partial charge in [-0.2, -0.15) is 0 Å². The van der Waals surface area contributed by atoms with Crippen LogP contribution in [0.5, 0.6) is 0 Å². The van der Waals surface area contributed by atoms with Crippen molar-refractivity contribution in [2.45, 2.75) is 76.0 Å². The van der Waals surface area contributed by atoms with Gasteiger partial charge in [0, 0.05) is 24.8 Å². The molecule has 0 bridgehead atoms. The second-order valence-electron chi connectivity index (χ2n) is 6.11. The van der Waals surface area contributed by atoms with Gasteiger partial charge in [-0.05, 0) is 51.9 Å². The van der Waals surface area contributed by atoms with E-state index >= 15 is 0 Å². The summed E-state index contributed by atoms with van der Waals surface area (Å²) in [5.41, 5.74) is 0.297. The van der Waals surface area contributed by atoms with Crippen molar-refractivity contribution >= 4 is 0 Å². The number of hydrogen-bond acceptors (Lipinski definition) is 3. The van der Waals surface area contributed by atoms with E-state index in [-0.39, 0.29) is 17.7 Å². The third-order valence-corrected chi connectivity index (χ3v) is 4.75. The second kappa shape index (κ2) is 5.25. The van der Waals surface area contributed by atoms with Gasteiger partial charge in [0.2, 0.25) is 0 Å². The van der Waals surface area contributed by atoms with Crippen LogP contribution in [0.25, 0.3) is 0 Å². The highest BCUT2D eigenvalue weighted by Crippen LogP contribution is 2.42. The first-order chi connectivity index (χ1) is 8.11. The highest BCUT2D eigenvalue weighted by Gasteiger charge is 2.43. The molecule has 3 heteroatoms. The first kappa shape index (κ1) is 13.3. The van der Waals surface area contributed by atoms with Crippen molar-refractivity contribution in [3.05, 3.63) is 0 Å². The molecule has 1 saturated carbocycles. The third-order valence-electron chi connectivity index (χ3n) is 4.75. The number of nitrogens with one attached hydrogen (secondary N) is 1. The Kier molecular flexibility index (Phi) is 4.11. The molecule has 2 atom stereocenters. The molecule has 2 rings (SSSR count). The lowest BCUT2D eigenvalue weighted by molar-refractivity contribution is -0.137. The molecule has 2 N–H and O–H groups in total. The Balaban J connectivity index is 1.89. The van der Waals surface area contributed by atoms with Crippen LogP contribution in [0.1, 0.15) is 58.8 Å². The molecule has 0 aromatic carbocycles. The zero-order valence-electron chi connectivity index (χ0n) is 11.3. The topological polar surface area (TPSA) is 41.5 Å². The molecule has 100 valence electrons. The van der Waals surface area contributed by atoms with Gasteiger partial charge < -0.3 is 15.2 Å². The summed E-state index contributed by atoms with van der Waals surface area (Å²) in [6, 6.07) is 0.570. The second-order valence-corrected chi connectivity index (χ2v) is 6.11. The summed E-state index contributed by atoms with van der Waals surface area (Å²) in [7, 11) is 0. The lowest BCUT2D eigenvalue weighted by Crippen LogP contribution is -2.56. The molecule has 0 amide bonds. The van der Waals surface area contributed by atoms with Crippen LogP contribution < -0.4 is 5.32 Å². The van der Waals surface area contributed by atoms with Crippen molar-refractivity contribution in [1.82, 2.24) is 5.32 Å². The number of ether oxygens (including phenoxy) is 1. The van der Waals surface area contributed by atoms with Gasteiger partial charge in [-0.1, -0.05) is 6.92 Å². The summed E-state index contributed by atoms with van der Waals surface area (Å²) < 4.78 is 5.95. The molecule has 1 saturated heterocycles. The fourth-order valence-electron chi connectivity index (χ4n) is 3.16. The van der Waals surface area contributed by atoms with Crippen molar-refractivity contribution in [2.75, 3.05) is 13.2 Å². The van der Waals surface area contributed by atoms with Gasteiger partial charge in [0.25, 0.3) is 0 Å². The zero-order valence-corrected chi connectivity index (χ0v) is 11.3. The number of aliphatic hydroxyl groups is 1. The van der Waals surface area contributed by atoms with Crippen LogP contribution in [0.2, 0.25) is 0 Å². The van der Waals surface area contributed by atoms with Crippen molar-refractivity contribution < 1.29 is 9.84 Å². The predicted octanol–water partition coefficient (Wildman–Crippen LogP) is 2.23. The van der Waals surface area contributed by atoms with E-state index in [1.165, 1.54) is 19.3 Å². The van der Waals surface area contributed by atoms with E-state index in [1.54, 1.807) is 0 Å². The Hall–Kier alpha value is -0.120. The maximum atomic E-state index is 9.16. The molecular weight excluding hydrogens is 214 g/mol. The molecule has 0 aromatic heterocycles. The first-order valence-electron chi connectivity index (χ1n) is 7.14. The van der Waals surface area contributed by atoms with E-state index in [4.69, 9.17) is 9.84 Å². The van der Waals surface area contributed by atoms with E-state index in [0.717, 1.165) is 32.3 Å². The van der Waals surface area contributed by atoms with Crippen molar-refractivity contribution in [3.8, 4) is 0 Å². The minimum Gasteiger partial charge on any atom is -0.396 e. The van der Waals surface area contributed by atoms with Gasteiger partial charge in [0.15, 0.2) is 0 Å². The molecule has 1 heterocycles. The van der Waals surface area contributed by atoms with Crippen LogP contribution in [-0.4, -0.2) is 35.5 Å². The normalized spacial score (nSPS) is 30.9. The minimum atomic E-state index is 0.0850. The highest BCUT2D eigenvalue weighted by molar-refractivity contribution is 4.98. The maximum absolute atomic E-state index is 9.16. The highest BCUT2D eigenvalue weighted by atomic mass is 16.5. The number of hydrogen-bond donors (Lipinski definition) is 2. The average Bonchev–Trinajstić information content (AvgIpc) is 2.27. The number of rotatable bonds is 5. The lowest BCUT2D eigenvalue weighted by Gasteiger charge is -2.49. The Bertz CT molecular complexity index is 253. The largest absolute Gasteiger partial charge is 0.396 e. The zero-order chi connectivity index (χ0) is 12.4. The van der Waals surface area contributed by atoms with Crippen molar-refractivity contribution in [3.63, 3.8) is 0 Å². The van der Waals surface area contributed by atoms with Gasteiger partial charge in [-0.25, -0.2) is 0 Å². The SMILES string of the molecule is CCC(C)(CCO)NC1CCOC2(CCC2)C1. The monoisotopic (exact) mass is 241 g/mol. The third kappa shape index (κ3) is 3.01. The van der Waals surface area contributed by atoms with Gasteiger partial charge in [0.05, 0.1) is 5.60 Å². The Morgan fingerprint density at radius 2 is 2.24 bits per heavy atom. The van der Waals surface area contributed by atoms with E-state index in [2.05, 4.69) is 19.2 Å². The van der Waals surface area contributed by atoms with Crippen LogP contribution >= 0.6 is 0 Å². The Morgan fingerprint density at radius 1 is 1.47 bits per heavy atom. The van der Waals surface area contributed by atoms with E-state index in [1.807, 2.05) is 0 Å². The summed E-state index contributed by atoms with van der Waals surface area (Å²) in [6.45, 7) is 5.59. The summed E-state index contributed by atoms with van der Waals surface area (Å²) in [6.07, 6.45) is 8.00. The number of aliphatic hydroxyl groups excluding tert-OH is 1. The average molecular weight is 241 g/mol.